The molecule has 3 rings (SSSR count). The maximum Gasteiger partial charge on any atom is 0.161 e. The fourth-order valence-electron chi connectivity index (χ4n) is 3.36. The number of benzene rings is 2. The van der Waals surface area contributed by atoms with Crippen LogP contribution in [0.15, 0.2) is 48.5 Å². The smallest absolute Gasteiger partial charge is 0.161 e. The van der Waals surface area contributed by atoms with Crippen molar-refractivity contribution >= 4 is 0 Å². The van der Waals surface area contributed by atoms with Gasteiger partial charge in [-0.1, -0.05) is 36.4 Å². The van der Waals surface area contributed by atoms with Crippen LogP contribution in [0.1, 0.15) is 25.0 Å². The maximum absolute atomic E-state index is 6.04. The van der Waals surface area contributed by atoms with E-state index in [4.69, 9.17) is 9.47 Å². The Hall–Kier alpha value is -2.04. The standard InChI is InChI=1S/C22H30N2O2/c1-18(2)24-13-11-23(12-14-24)16-20-9-10-21(25-3)22(15-20)26-17-19-7-5-4-6-8-19/h4-10,15,18H,11-14,16-17H2,1-3H3. The van der Waals surface area contributed by atoms with E-state index in [0.717, 1.165) is 49.8 Å². The van der Waals surface area contributed by atoms with Crippen molar-refractivity contribution in [2.45, 2.75) is 33.0 Å². The van der Waals surface area contributed by atoms with Crippen LogP contribution in [0.5, 0.6) is 11.5 Å². The summed E-state index contributed by atoms with van der Waals surface area (Å²) in [6.45, 7) is 10.6. The Labute approximate surface area is 157 Å². The molecule has 4 heteroatoms. The predicted molar refractivity (Wildman–Crippen MR) is 106 cm³/mol. The molecule has 0 spiro atoms. The van der Waals surface area contributed by atoms with Gasteiger partial charge in [0.15, 0.2) is 11.5 Å². The van der Waals surface area contributed by atoms with Gasteiger partial charge in [-0.2, -0.15) is 0 Å². The fraction of sp³-hybridized carbons (Fsp3) is 0.455. The van der Waals surface area contributed by atoms with Gasteiger partial charge in [0.25, 0.3) is 0 Å². The Kier molecular flexibility index (Phi) is 6.53. The minimum atomic E-state index is 0.549. The van der Waals surface area contributed by atoms with Crippen molar-refractivity contribution in [2.24, 2.45) is 0 Å². The first-order chi connectivity index (χ1) is 12.7. The molecule has 0 amide bonds. The van der Waals surface area contributed by atoms with Crippen LogP contribution in [0.2, 0.25) is 0 Å². The van der Waals surface area contributed by atoms with Crippen molar-refractivity contribution in [3.05, 3.63) is 59.7 Å². The number of hydrogen-bond acceptors (Lipinski definition) is 4. The van der Waals surface area contributed by atoms with E-state index in [1.807, 2.05) is 24.3 Å². The first kappa shape index (κ1) is 18.7. The van der Waals surface area contributed by atoms with Crippen molar-refractivity contribution in [3.63, 3.8) is 0 Å². The summed E-state index contributed by atoms with van der Waals surface area (Å²) in [7, 11) is 1.69. The molecule has 0 bridgehead atoms. The van der Waals surface area contributed by atoms with Crippen molar-refractivity contribution in [3.8, 4) is 11.5 Å². The van der Waals surface area contributed by atoms with E-state index in [9.17, 15) is 0 Å². The van der Waals surface area contributed by atoms with Gasteiger partial charge in [0.2, 0.25) is 0 Å². The number of nitrogens with zero attached hydrogens (tertiary/aromatic N) is 2. The first-order valence-electron chi connectivity index (χ1n) is 9.46. The average molecular weight is 354 g/mol. The Bertz CT molecular complexity index is 680. The van der Waals surface area contributed by atoms with Gasteiger partial charge >= 0.3 is 0 Å². The second kappa shape index (κ2) is 9.06. The number of hydrogen-bond donors (Lipinski definition) is 0. The highest BCUT2D eigenvalue weighted by atomic mass is 16.5. The van der Waals surface area contributed by atoms with Gasteiger partial charge in [-0.25, -0.2) is 0 Å². The number of ether oxygens (including phenoxy) is 2. The van der Waals surface area contributed by atoms with Gasteiger partial charge in [0, 0.05) is 38.8 Å². The molecule has 1 heterocycles. The lowest BCUT2D eigenvalue weighted by Crippen LogP contribution is -2.48. The molecule has 0 aromatic heterocycles. The van der Waals surface area contributed by atoms with Crippen molar-refractivity contribution < 1.29 is 9.47 Å². The summed E-state index contributed by atoms with van der Waals surface area (Å²) >= 11 is 0. The minimum absolute atomic E-state index is 0.549. The van der Waals surface area contributed by atoms with Crippen LogP contribution >= 0.6 is 0 Å². The number of rotatable bonds is 7. The van der Waals surface area contributed by atoms with Crippen LogP contribution in [0.25, 0.3) is 0 Å². The van der Waals surface area contributed by atoms with E-state index in [1.54, 1.807) is 7.11 Å². The predicted octanol–water partition coefficient (Wildman–Crippen LogP) is 3.80. The molecular weight excluding hydrogens is 324 g/mol. The second-order valence-electron chi connectivity index (χ2n) is 7.17. The highest BCUT2D eigenvalue weighted by molar-refractivity contribution is 5.43. The average Bonchev–Trinajstić information content (AvgIpc) is 2.68. The fourth-order valence-corrected chi connectivity index (χ4v) is 3.36. The summed E-state index contributed by atoms with van der Waals surface area (Å²) in [4.78, 5) is 5.06. The summed E-state index contributed by atoms with van der Waals surface area (Å²) in [6.07, 6.45) is 0. The van der Waals surface area contributed by atoms with Gasteiger partial charge in [-0.05, 0) is 37.1 Å². The van der Waals surface area contributed by atoms with E-state index < -0.39 is 0 Å². The highest BCUT2D eigenvalue weighted by Gasteiger charge is 2.19. The highest BCUT2D eigenvalue weighted by Crippen LogP contribution is 2.29. The molecule has 0 N–H and O–H groups in total. The molecule has 1 aliphatic rings. The zero-order valence-corrected chi connectivity index (χ0v) is 16.1. The molecule has 0 radical (unpaired) electrons. The molecule has 0 saturated carbocycles. The molecule has 1 fully saturated rings. The molecule has 1 aliphatic heterocycles. The number of methoxy groups -OCH3 is 1. The SMILES string of the molecule is COc1ccc(CN2CCN(C(C)C)CC2)cc1OCc1ccccc1. The summed E-state index contributed by atoms with van der Waals surface area (Å²) in [5.74, 6) is 1.60. The Morgan fingerprint density at radius 1 is 0.885 bits per heavy atom. The lowest BCUT2D eigenvalue weighted by atomic mass is 10.1. The third kappa shape index (κ3) is 4.99. The van der Waals surface area contributed by atoms with Crippen LogP contribution in [0, 0.1) is 0 Å². The van der Waals surface area contributed by atoms with Gasteiger partial charge in [-0.15, -0.1) is 0 Å². The summed E-state index contributed by atoms with van der Waals surface area (Å²) in [5, 5.41) is 0. The van der Waals surface area contributed by atoms with Gasteiger partial charge in [0.05, 0.1) is 7.11 Å². The zero-order valence-electron chi connectivity index (χ0n) is 16.1. The van der Waals surface area contributed by atoms with Crippen LogP contribution in [-0.4, -0.2) is 49.1 Å². The molecule has 0 unspecified atom stereocenters. The Morgan fingerprint density at radius 3 is 2.27 bits per heavy atom. The van der Waals surface area contributed by atoms with Crippen molar-refractivity contribution in [1.82, 2.24) is 9.80 Å². The molecule has 140 valence electrons. The van der Waals surface area contributed by atoms with Crippen LogP contribution in [0.4, 0.5) is 0 Å². The first-order valence-corrected chi connectivity index (χ1v) is 9.46. The van der Waals surface area contributed by atoms with Crippen LogP contribution < -0.4 is 9.47 Å². The molecule has 0 atom stereocenters. The van der Waals surface area contributed by atoms with Gasteiger partial charge in [0.1, 0.15) is 6.61 Å². The quantitative estimate of drug-likeness (QED) is 0.755. The number of piperazine rings is 1. The van der Waals surface area contributed by atoms with Gasteiger partial charge < -0.3 is 9.47 Å². The van der Waals surface area contributed by atoms with E-state index in [2.05, 4.69) is 47.9 Å². The Morgan fingerprint density at radius 2 is 1.62 bits per heavy atom. The lowest BCUT2D eigenvalue weighted by molar-refractivity contribution is 0.104. The molecular formula is C22H30N2O2. The van der Waals surface area contributed by atoms with E-state index >= 15 is 0 Å². The largest absolute Gasteiger partial charge is 0.493 e. The van der Waals surface area contributed by atoms with E-state index in [-0.39, 0.29) is 0 Å². The zero-order chi connectivity index (χ0) is 18.4. The third-order valence-corrected chi connectivity index (χ3v) is 5.01. The second-order valence-corrected chi connectivity index (χ2v) is 7.17. The topological polar surface area (TPSA) is 24.9 Å². The van der Waals surface area contributed by atoms with E-state index in [0.29, 0.717) is 12.6 Å². The molecule has 26 heavy (non-hydrogen) atoms. The van der Waals surface area contributed by atoms with Crippen molar-refractivity contribution in [1.29, 1.82) is 0 Å². The third-order valence-electron chi connectivity index (χ3n) is 5.01. The van der Waals surface area contributed by atoms with Gasteiger partial charge in [-0.3, -0.25) is 9.80 Å². The molecule has 2 aromatic rings. The molecule has 4 nitrogen and oxygen atoms in total. The van der Waals surface area contributed by atoms with Crippen LogP contribution in [0.3, 0.4) is 0 Å². The Balaban J connectivity index is 1.62. The summed E-state index contributed by atoms with van der Waals surface area (Å²) in [6, 6.07) is 17.1. The maximum atomic E-state index is 6.04. The molecule has 2 aromatic carbocycles. The normalized spacial score (nSPS) is 16.0. The molecule has 1 saturated heterocycles. The lowest BCUT2D eigenvalue weighted by Gasteiger charge is -2.37. The van der Waals surface area contributed by atoms with Crippen LogP contribution in [-0.2, 0) is 13.2 Å². The summed E-state index contributed by atoms with van der Waals surface area (Å²) < 4.78 is 11.5. The summed E-state index contributed by atoms with van der Waals surface area (Å²) in [5.41, 5.74) is 2.43. The van der Waals surface area contributed by atoms with E-state index in [1.165, 1.54) is 5.56 Å². The van der Waals surface area contributed by atoms with Crippen molar-refractivity contribution in [2.75, 3.05) is 33.3 Å². The monoisotopic (exact) mass is 354 g/mol. The minimum Gasteiger partial charge on any atom is -0.493 e. The molecule has 0 aliphatic carbocycles.